The average Bonchev–Trinajstić information content (AvgIpc) is 1.92. The second-order valence-electron chi connectivity index (χ2n) is 2.33. The van der Waals surface area contributed by atoms with Crippen molar-refractivity contribution in [3.05, 3.63) is 11.5 Å². The molecule has 1 aliphatic rings. The van der Waals surface area contributed by atoms with E-state index in [9.17, 15) is 0 Å². The Labute approximate surface area is 66.2 Å². The number of nitrogens with one attached hydrogen (secondary N) is 1. The molecule has 0 radical (unpaired) electrons. The molecule has 0 saturated heterocycles. The summed E-state index contributed by atoms with van der Waals surface area (Å²) < 4.78 is 8.60. The third kappa shape index (κ3) is 2.14. The van der Waals surface area contributed by atoms with Crippen molar-refractivity contribution in [2.24, 2.45) is 0 Å². The van der Waals surface area contributed by atoms with Crippen LogP contribution in [-0.4, -0.2) is 12.4 Å². The van der Waals surface area contributed by atoms with Gasteiger partial charge >= 0.3 is 0 Å². The average molecular weight is 159 g/mol. The largest absolute Gasteiger partial charge is 0.496 e. The molecule has 0 aromatic heterocycles. The molecule has 10 heavy (non-hydrogen) atoms. The first-order valence-electron chi connectivity index (χ1n) is 3.49. The van der Waals surface area contributed by atoms with Crippen LogP contribution in [0.3, 0.4) is 0 Å². The Morgan fingerprint density at radius 1 is 1.50 bits per heavy atom. The Kier molecular flexibility index (Phi) is 2.93. The van der Waals surface area contributed by atoms with E-state index in [4.69, 9.17) is 4.74 Å². The second-order valence-corrected chi connectivity index (χ2v) is 3.23. The number of hydrogen-bond acceptors (Lipinski definition) is 3. The van der Waals surface area contributed by atoms with Crippen LogP contribution in [0.25, 0.3) is 0 Å². The van der Waals surface area contributed by atoms with Gasteiger partial charge in [-0.1, -0.05) is 11.9 Å². The summed E-state index contributed by atoms with van der Waals surface area (Å²) in [6.07, 6.45) is 1.13. The first-order valence-corrected chi connectivity index (χ1v) is 4.47. The van der Waals surface area contributed by atoms with Crippen LogP contribution in [0.4, 0.5) is 0 Å². The highest BCUT2D eigenvalue weighted by Crippen LogP contribution is 2.11. The molecule has 0 fully saturated rings. The minimum atomic E-state index is 0.859. The highest BCUT2D eigenvalue weighted by Gasteiger charge is 2.01. The lowest BCUT2D eigenvalue weighted by molar-refractivity contribution is 0.210. The molecule has 1 rings (SSSR count). The van der Waals surface area contributed by atoms with E-state index in [1.807, 2.05) is 13.8 Å². The van der Waals surface area contributed by atoms with Crippen molar-refractivity contribution in [1.29, 1.82) is 0 Å². The van der Waals surface area contributed by atoms with Gasteiger partial charge in [0.25, 0.3) is 0 Å². The molecule has 0 aromatic rings. The molecular weight excluding hydrogens is 146 g/mol. The van der Waals surface area contributed by atoms with Gasteiger partial charge in [-0.3, -0.25) is 0 Å². The van der Waals surface area contributed by atoms with E-state index in [1.165, 1.54) is 0 Å². The second kappa shape index (κ2) is 3.76. The molecule has 0 atom stereocenters. The van der Waals surface area contributed by atoms with Gasteiger partial charge in [0.1, 0.15) is 5.76 Å². The Balaban J connectivity index is 2.51. The first-order chi connectivity index (χ1) is 4.80. The van der Waals surface area contributed by atoms with Crippen molar-refractivity contribution < 1.29 is 4.74 Å². The maximum absolute atomic E-state index is 5.40. The predicted molar refractivity (Wildman–Crippen MR) is 44.5 cm³/mol. The topological polar surface area (TPSA) is 21.3 Å². The van der Waals surface area contributed by atoms with Crippen molar-refractivity contribution in [2.75, 3.05) is 12.4 Å². The molecule has 0 saturated carbocycles. The van der Waals surface area contributed by atoms with Crippen LogP contribution < -0.4 is 4.72 Å². The summed E-state index contributed by atoms with van der Waals surface area (Å²) in [5.41, 5.74) is 1.14. The van der Waals surface area contributed by atoms with E-state index in [0.717, 1.165) is 30.2 Å². The highest BCUT2D eigenvalue weighted by molar-refractivity contribution is 7.97. The standard InChI is InChI=1S/C7H13NOS/c1-6-7(2)9-4-3-5-10-8-6/h8H,3-5H2,1-2H3/b7-6-. The molecule has 2 nitrogen and oxygen atoms in total. The van der Waals surface area contributed by atoms with Crippen molar-refractivity contribution >= 4 is 11.9 Å². The van der Waals surface area contributed by atoms with E-state index < -0.39 is 0 Å². The molecule has 3 heteroatoms. The van der Waals surface area contributed by atoms with Crippen LogP contribution in [0, 0.1) is 0 Å². The predicted octanol–water partition coefficient (Wildman–Crippen LogP) is 1.90. The number of hydrogen-bond donors (Lipinski definition) is 1. The lowest BCUT2D eigenvalue weighted by Crippen LogP contribution is -2.10. The molecule has 0 aliphatic carbocycles. The van der Waals surface area contributed by atoms with Gasteiger partial charge in [0.05, 0.1) is 12.3 Å². The summed E-state index contributed by atoms with van der Waals surface area (Å²) in [6, 6.07) is 0. The van der Waals surface area contributed by atoms with Crippen LogP contribution in [0.1, 0.15) is 20.3 Å². The van der Waals surface area contributed by atoms with Crippen molar-refractivity contribution in [1.82, 2.24) is 4.72 Å². The smallest absolute Gasteiger partial charge is 0.112 e. The molecule has 0 amide bonds. The van der Waals surface area contributed by atoms with Gasteiger partial charge in [-0.2, -0.15) is 0 Å². The van der Waals surface area contributed by atoms with Crippen LogP contribution in [0.2, 0.25) is 0 Å². The fourth-order valence-corrected chi connectivity index (χ4v) is 1.42. The zero-order valence-corrected chi connectivity index (χ0v) is 7.25. The monoisotopic (exact) mass is 159 g/mol. The molecule has 1 N–H and O–H groups in total. The lowest BCUT2D eigenvalue weighted by atomic mass is 10.4. The van der Waals surface area contributed by atoms with Gasteiger partial charge in [0, 0.05) is 5.75 Å². The van der Waals surface area contributed by atoms with Gasteiger partial charge in [-0.05, 0) is 20.3 Å². The summed E-state index contributed by atoms with van der Waals surface area (Å²) >= 11 is 1.75. The third-order valence-electron chi connectivity index (χ3n) is 1.46. The van der Waals surface area contributed by atoms with E-state index in [2.05, 4.69) is 4.72 Å². The Bertz CT molecular complexity index is 129. The van der Waals surface area contributed by atoms with Gasteiger partial charge in [0.2, 0.25) is 0 Å². The fourth-order valence-electron chi connectivity index (χ4n) is 0.696. The molecule has 0 bridgehead atoms. The molecule has 0 aromatic carbocycles. The van der Waals surface area contributed by atoms with Crippen LogP contribution in [-0.2, 0) is 4.74 Å². The summed E-state index contributed by atoms with van der Waals surface area (Å²) in [5, 5.41) is 0. The van der Waals surface area contributed by atoms with Crippen molar-refractivity contribution in [2.45, 2.75) is 20.3 Å². The molecule has 0 unspecified atom stereocenters. The van der Waals surface area contributed by atoms with Crippen molar-refractivity contribution in [3.63, 3.8) is 0 Å². The molecular formula is C7H13NOS. The summed E-state index contributed by atoms with van der Waals surface area (Å²) in [5.74, 6) is 2.15. The Morgan fingerprint density at radius 3 is 3.10 bits per heavy atom. The van der Waals surface area contributed by atoms with E-state index in [1.54, 1.807) is 11.9 Å². The maximum atomic E-state index is 5.40. The van der Waals surface area contributed by atoms with Gasteiger partial charge in [0.15, 0.2) is 0 Å². The lowest BCUT2D eigenvalue weighted by Gasteiger charge is -2.14. The van der Waals surface area contributed by atoms with Crippen LogP contribution >= 0.6 is 11.9 Å². The third-order valence-corrected chi connectivity index (χ3v) is 2.41. The van der Waals surface area contributed by atoms with Crippen LogP contribution in [0.15, 0.2) is 11.5 Å². The summed E-state index contributed by atoms with van der Waals surface area (Å²) in [4.78, 5) is 0. The first kappa shape index (κ1) is 7.79. The Hall–Kier alpha value is -0.310. The summed E-state index contributed by atoms with van der Waals surface area (Å²) in [7, 11) is 0. The quantitative estimate of drug-likeness (QED) is 0.545. The minimum Gasteiger partial charge on any atom is -0.496 e. The highest BCUT2D eigenvalue weighted by atomic mass is 32.2. The minimum absolute atomic E-state index is 0.859. The molecule has 0 spiro atoms. The SMILES string of the molecule is C/C1=C(\C)OCCCSN1. The van der Waals surface area contributed by atoms with Gasteiger partial charge in [-0.15, -0.1) is 0 Å². The van der Waals surface area contributed by atoms with E-state index >= 15 is 0 Å². The zero-order chi connectivity index (χ0) is 7.40. The summed E-state index contributed by atoms with van der Waals surface area (Å²) in [6.45, 7) is 4.89. The molecule has 58 valence electrons. The van der Waals surface area contributed by atoms with E-state index in [0.29, 0.717) is 0 Å². The number of allylic oxidation sites excluding steroid dienone is 2. The van der Waals surface area contributed by atoms with Gasteiger partial charge < -0.3 is 9.46 Å². The van der Waals surface area contributed by atoms with Crippen LogP contribution in [0.5, 0.6) is 0 Å². The fraction of sp³-hybridized carbons (Fsp3) is 0.714. The van der Waals surface area contributed by atoms with Crippen molar-refractivity contribution in [3.8, 4) is 0 Å². The van der Waals surface area contributed by atoms with Gasteiger partial charge in [-0.25, -0.2) is 0 Å². The maximum Gasteiger partial charge on any atom is 0.112 e. The van der Waals surface area contributed by atoms with E-state index in [-0.39, 0.29) is 0 Å². The molecule has 1 aliphatic heterocycles. The Morgan fingerprint density at radius 2 is 2.30 bits per heavy atom. The number of rotatable bonds is 0. The number of ether oxygens (including phenoxy) is 1. The zero-order valence-electron chi connectivity index (χ0n) is 6.44. The molecule has 1 heterocycles. The normalized spacial score (nSPS) is 27.8.